The molecule has 4 nitrogen and oxygen atoms in total. The summed E-state index contributed by atoms with van der Waals surface area (Å²) in [5, 5.41) is 2.90. The molecule has 1 atom stereocenters. The molecule has 0 aliphatic carbocycles. The number of rotatable bonds is 8. The van der Waals surface area contributed by atoms with Crippen molar-refractivity contribution >= 4 is 5.91 Å². The van der Waals surface area contributed by atoms with Gasteiger partial charge in [0.2, 0.25) is 5.91 Å². The second-order valence-corrected chi connectivity index (χ2v) is 4.63. The number of ether oxygens (including phenoxy) is 1. The van der Waals surface area contributed by atoms with Crippen molar-refractivity contribution in [3.8, 4) is 0 Å². The molecule has 0 fully saturated rings. The Bertz CT molecular complexity index is 393. The zero-order valence-electron chi connectivity index (χ0n) is 11.8. The summed E-state index contributed by atoms with van der Waals surface area (Å²) in [7, 11) is 1.67. The van der Waals surface area contributed by atoms with Crippen LogP contribution < -0.4 is 11.1 Å². The Labute approximate surface area is 115 Å². The fourth-order valence-corrected chi connectivity index (χ4v) is 1.99. The van der Waals surface area contributed by atoms with E-state index in [-0.39, 0.29) is 11.8 Å². The predicted octanol–water partition coefficient (Wildman–Crippen LogP) is 1.48. The lowest BCUT2D eigenvalue weighted by Gasteiger charge is -2.16. The van der Waals surface area contributed by atoms with Crippen molar-refractivity contribution in [3.63, 3.8) is 0 Å². The SMILES string of the molecule is CCCNC(=O)C(CN)Cc1ccccc1COC. The number of benzene rings is 1. The topological polar surface area (TPSA) is 64.4 Å². The van der Waals surface area contributed by atoms with E-state index in [1.165, 1.54) is 0 Å². The van der Waals surface area contributed by atoms with Crippen LogP contribution in [0.1, 0.15) is 24.5 Å². The standard InChI is InChI=1S/C15H24N2O2/c1-3-8-17-15(18)14(10-16)9-12-6-4-5-7-13(12)11-19-2/h4-7,14H,3,8-11,16H2,1-2H3,(H,17,18). The zero-order valence-corrected chi connectivity index (χ0v) is 11.8. The highest BCUT2D eigenvalue weighted by Crippen LogP contribution is 2.15. The minimum Gasteiger partial charge on any atom is -0.380 e. The molecule has 1 rings (SSSR count). The molecule has 1 aromatic rings. The molecule has 0 aliphatic rings. The average molecular weight is 264 g/mol. The maximum atomic E-state index is 12.0. The van der Waals surface area contributed by atoms with Gasteiger partial charge in [-0.3, -0.25) is 4.79 Å². The van der Waals surface area contributed by atoms with Crippen molar-refractivity contribution in [2.45, 2.75) is 26.4 Å². The van der Waals surface area contributed by atoms with E-state index < -0.39 is 0 Å². The van der Waals surface area contributed by atoms with Crippen molar-refractivity contribution in [2.24, 2.45) is 11.7 Å². The normalized spacial score (nSPS) is 12.2. The third-order valence-electron chi connectivity index (χ3n) is 3.09. The minimum atomic E-state index is -0.176. The van der Waals surface area contributed by atoms with Crippen LogP contribution in [-0.2, 0) is 22.6 Å². The summed E-state index contributed by atoms with van der Waals surface area (Å²) in [6.45, 7) is 3.65. The molecule has 19 heavy (non-hydrogen) atoms. The van der Waals surface area contributed by atoms with E-state index in [1.54, 1.807) is 7.11 Å². The second kappa shape index (κ2) is 8.67. The van der Waals surface area contributed by atoms with E-state index in [2.05, 4.69) is 5.32 Å². The van der Waals surface area contributed by atoms with Gasteiger partial charge in [-0.25, -0.2) is 0 Å². The Morgan fingerprint density at radius 2 is 2.05 bits per heavy atom. The predicted molar refractivity (Wildman–Crippen MR) is 76.7 cm³/mol. The number of nitrogens with one attached hydrogen (secondary N) is 1. The van der Waals surface area contributed by atoms with Crippen molar-refractivity contribution in [1.82, 2.24) is 5.32 Å². The van der Waals surface area contributed by atoms with Gasteiger partial charge in [0.25, 0.3) is 0 Å². The van der Waals surface area contributed by atoms with Gasteiger partial charge in [-0.2, -0.15) is 0 Å². The van der Waals surface area contributed by atoms with E-state index in [1.807, 2.05) is 31.2 Å². The van der Waals surface area contributed by atoms with Gasteiger partial charge in [0.15, 0.2) is 0 Å². The van der Waals surface area contributed by atoms with Gasteiger partial charge in [-0.05, 0) is 24.0 Å². The largest absolute Gasteiger partial charge is 0.380 e. The number of hydrogen-bond acceptors (Lipinski definition) is 3. The van der Waals surface area contributed by atoms with Crippen LogP contribution in [0.4, 0.5) is 0 Å². The first kappa shape index (κ1) is 15.7. The van der Waals surface area contributed by atoms with E-state index in [4.69, 9.17) is 10.5 Å². The molecule has 0 bridgehead atoms. The Morgan fingerprint density at radius 1 is 1.37 bits per heavy atom. The van der Waals surface area contributed by atoms with Crippen LogP contribution in [0.2, 0.25) is 0 Å². The van der Waals surface area contributed by atoms with Crippen LogP contribution in [0.15, 0.2) is 24.3 Å². The molecule has 3 N–H and O–H groups in total. The molecule has 0 saturated carbocycles. The van der Waals surface area contributed by atoms with Gasteiger partial charge >= 0.3 is 0 Å². The summed E-state index contributed by atoms with van der Waals surface area (Å²) >= 11 is 0. The Balaban J connectivity index is 2.72. The molecule has 106 valence electrons. The highest BCUT2D eigenvalue weighted by Gasteiger charge is 2.18. The monoisotopic (exact) mass is 264 g/mol. The molecule has 1 aromatic carbocycles. The summed E-state index contributed by atoms with van der Waals surface area (Å²) in [5.41, 5.74) is 7.97. The zero-order chi connectivity index (χ0) is 14.1. The van der Waals surface area contributed by atoms with Gasteiger partial charge in [-0.15, -0.1) is 0 Å². The van der Waals surface area contributed by atoms with Gasteiger partial charge in [0.1, 0.15) is 0 Å². The quantitative estimate of drug-likeness (QED) is 0.747. The van der Waals surface area contributed by atoms with Crippen molar-refractivity contribution < 1.29 is 9.53 Å². The van der Waals surface area contributed by atoms with E-state index in [0.29, 0.717) is 26.1 Å². The highest BCUT2D eigenvalue weighted by molar-refractivity contribution is 5.79. The lowest BCUT2D eigenvalue weighted by molar-refractivity contribution is -0.124. The minimum absolute atomic E-state index is 0.0385. The average Bonchev–Trinajstić information content (AvgIpc) is 2.44. The van der Waals surface area contributed by atoms with Crippen molar-refractivity contribution in [2.75, 3.05) is 20.2 Å². The lowest BCUT2D eigenvalue weighted by atomic mass is 9.95. The van der Waals surface area contributed by atoms with Crippen LogP contribution in [0.5, 0.6) is 0 Å². The summed E-state index contributed by atoms with van der Waals surface area (Å²) in [5.74, 6) is -0.138. The molecular formula is C15H24N2O2. The molecule has 1 amide bonds. The van der Waals surface area contributed by atoms with Gasteiger partial charge in [-0.1, -0.05) is 31.2 Å². The maximum Gasteiger partial charge on any atom is 0.224 e. The number of nitrogens with two attached hydrogens (primary N) is 1. The summed E-state index contributed by atoms with van der Waals surface area (Å²) in [6.07, 6.45) is 1.59. The maximum absolute atomic E-state index is 12.0. The molecule has 0 saturated heterocycles. The Hall–Kier alpha value is -1.39. The number of methoxy groups -OCH3 is 1. The molecule has 1 unspecified atom stereocenters. The number of carbonyl (C=O) groups excluding carboxylic acids is 1. The fourth-order valence-electron chi connectivity index (χ4n) is 1.99. The van der Waals surface area contributed by atoms with E-state index >= 15 is 0 Å². The molecule has 0 radical (unpaired) electrons. The highest BCUT2D eigenvalue weighted by atomic mass is 16.5. The summed E-state index contributed by atoms with van der Waals surface area (Å²) in [4.78, 5) is 12.0. The molecular weight excluding hydrogens is 240 g/mol. The van der Waals surface area contributed by atoms with Crippen LogP contribution in [0, 0.1) is 5.92 Å². The lowest BCUT2D eigenvalue weighted by Crippen LogP contribution is -2.36. The van der Waals surface area contributed by atoms with Crippen LogP contribution >= 0.6 is 0 Å². The van der Waals surface area contributed by atoms with Crippen LogP contribution in [-0.4, -0.2) is 26.1 Å². The number of hydrogen-bond donors (Lipinski definition) is 2. The van der Waals surface area contributed by atoms with Gasteiger partial charge in [0.05, 0.1) is 12.5 Å². The van der Waals surface area contributed by atoms with Crippen LogP contribution in [0.25, 0.3) is 0 Å². The first-order valence-corrected chi connectivity index (χ1v) is 6.76. The van der Waals surface area contributed by atoms with Crippen molar-refractivity contribution in [3.05, 3.63) is 35.4 Å². The number of amides is 1. The molecule has 4 heteroatoms. The third-order valence-corrected chi connectivity index (χ3v) is 3.09. The van der Waals surface area contributed by atoms with Crippen LogP contribution in [0.3, 0.4) is 0 Å². The molecule has 0 spiro atoms. The first-order chi connectivity index (χ1) is 9.22. The third kappa shape index (κ3) is 5.01. The van der Waals surface area contributed by atoms with E-state index in [0.717, 1.165) is 17.5 Å². The molecule has 0 aromatic heterocycles. The number of carbonyl (C=O) groups is 1. The Kier molecular flexibility index (Phi) is 7.15. The fraction of sp³-hybridized carbons (Fsp3) is 0.533. The first-order valence-electron chi connectivity index (χ1n) is 6.76. The van der Waals surface area contributed by atoms with E-state index in [9.17, 15) is 4.79 Å². The summed E-state index contributed by atoms with van der Waals surface area (Å²) < 4.78 is 5.18. The van der Waals surface area contributed by atoms with Crippen molar-refractivity contribution in [1.29, 1.82) is 0 Å². The molecule has 0 aliphatic heterocycles. The second-order valence-electron chi connectivity index (χ2n) is 4.63. The summed E-state index contributed by atoms with van der Waals surface area (Å²) in [6, 6.07) is 8.01. The van der Waals surface area contributed by atoms with Gasteiger partial charge < -0.3 is 15.8 Å². The molecule has 0 heterocycles. The Morgan fingerprint density at radius 3 is 2.63 bits per heavy atom. The smallest absolute Gasteiger partial charge is 0.224 e. The van der Waals surface area contributed by atoms with Gasteiger partial charge in [0, 0.05) is 20.2 Å².